The third-order valence-corrected chi connectivity index (χ3v) is 7.32. The fraction of sp³-hybridized carbons (Fsp3) is 0.200. The van der Waals surface area contributed by atoms with Crippen molar-refractivity contribution in [3.8, 4) is 6.07 Å². The molecule has 0 heterocycles. The van der Waals surface area contributed by atoms with Crippen LogP contribution in [0.15, 0.2) is 66.7 Å². The van der Waals surface area contributed by atoms with Crippen molar-refractivity contribution in [2.24, 2.45) is 5.41 Å². The molecule has 1 amide bonds. The minimum atomic E-state index is -1.17. The number of carbonyl (C=O) groups is 1. The summed E-state index contributed by atoms with van der Waals surface area (Å²) in [5.41, 5.74) is 4.15. The molecule has 3 aromatic rings. The maximum absolute atomic E-state index is 13.5. The van der Waals surface area contributed by atoms with Gasteiger partial charge in [-0.25, -0.2) is 0 Å². The highest BCUT2D eigenvalue weighted by atomic mass is 35.5. The minimum Gasteiger partial charge on any atom is -0.351 e. The second-order valence-corrected chi connectivity index (χ2v) is 8.71. The quantitative estimate of drug-likeness (QED) is 0.568. The summed E-state index contributed by atoms with van der Waals surface area (Å²) >= 11 is 12.4. The Labute approximate surface area is 185 Å². The van der Waals surface area contributed by atoms with Crippen LogP contribution in [0.3, 0.4) is 0 Å². The van der Waals surface area contributed by atoms with Gasteiger partial charge in [0.05, 0.1) is 16.1 Å². The van der Waals surface area contributed by atoms with Crippen LogP contribution in [0.25, 0.3) is 0 Å². The van der Waals surface area contributed by atoms with Gasteiger partial charge in [0.2, 0.25) is 5.91 Å². The van der Waals surface area contributed by atoms with Crippen LogP contribution in [-0.2, 0) is 11.3 Å². The first-order valence-electron chi connectivity index (χ1n) is 9.87. The number of benzene rings is 3. The van der Waals surface area contributed by atoms with Crippen LogP contribution in [-0.4, -0.2) is 5.91 Å². The van der Waals surface area contributed by atoms with Gasteiger partial charge in [-0.05, 0) is 40.3 Å². The zero-order chi connectivity index (χ0) is 20.9. The van der Waals surface area contributed by atoms with Gasteiger partial charge in [0.25, 0.3) is 0 Å². The molecule has 148 valence electrons. The monoisotopic (exact) mass is 432 g/mol. The van der Waals surface area contributed by atoms with Crippen molar-refractivity contribution in [1.29, 1.82) is 5.26 Å². The molecule has 0 aliphatic heterocycles. The summed E-state index contributed by atoms with van der Waals surface area (Å²) in [5.74, 6) is -0.530. The number of amides is 1. The Hall–Kier alpha value is -2.80. The molecule has 1 N–H and O–H groups in total. The molecule has 3 nitrogen and oxygen atoms in total. The molecule has 3 aliphatic rings. The fourth-order valence-electron chi connectivity index (χ4n) is 5.11. The van der Waals surface area contributed by atoms with Gasteiger partial charge in [-0.3, -0.25) is 4.79 Å². The Morgan fingerprint density at radius 2 is 1.57 bits per heavy atom. The molecule has 0 spiro atoms. The van der Waals surface area contributed by atoms with Gasteiger partial charge >= 0.3 is 0 Å². The molecular formula is C25H18Cl2N2O. The van der Waals surface area contributed by atoms with Crippen LogP contribution < -0.4 is 5.32 Å². The lowest BCUT2D eigenvalue weighted by molar-refractivity contribution is -0.130. The fourth-order valence-corrected chi connectivity index (χ4v) is 5.50. The van der Waals surface area contributed by atoms with Crippen LogP contribution in [0, 0.1) is 16.7 Å². The second kappa shape index (κ2) is 7.16. The van der Waals surface area contributed by atoms with E-state index in [-0.39, 0.29) is 24.3 Å². The Balaban J connectivity index is 1.55. The summed E-state index contributed by atoms with van der Waals surface area (Å²) in [6.45, 7) is 0.225. The summed E-state index contributed by atoms with van der Waals surface area (Å²) < 4.78 is 0. The first kappa shape index (κ1) is 19.2. The molecule has 0 fully saturated rings. The zero-order valence-electron chi connectivity index (χ0n) is 16.0. The van der Waals surface area contributed by atoms with Crippen LogP contribution in [0.1, 0.15) is 46.1 Å². The number of hydrogen-bond donors (Lipinski definition) is 1. The highest BCUT2D eigenvalue weighted by molar-refractivity contribution is 6.42. The van der Waals surface area contributed by atoms with Crippen LogP contribution >= 0.6 is 23.2 Å². The molecular weight excluding hydrogens is 415 g/mol. The molecule has 30 heavy (non-hydrogen) atoms. The number of carbonyl (C=O) groups excluding carboxylic acids is 1. The largest absolute Gasteiger partial charge is 0.351 e. The minimum absolute atomic E-state index is 0.0301. The van der Waals surface area contributed by atoms with Crippen LogP contribution in [0.2, 0.25) is 10.0 Å². The number of nitriles is 1. The first-order chi connectivity index (χ1) is 14.6. The maximum Gasteiger partial charge on any atom is 0.241 e. The van der Waals surface area contributed by atoms with E-state index in [0.717, 1.165) is 16.7 Å². The summed E-state index contributed by atoms with van der Waals surface area (Å²) in [4.78, 5) is 13.5. The smallest absolute Gasteiger partial charge is 0.241 e. The standard InChI is InChI=1S/C25H18Cl2N2O/c26-21-11-5-6-15(23(21)27)13-29-24(30)25(14-28)12-20-16-7-1-3-9-18(16)22(25)19-10-4-2-8-17(19)20/h1-11,20,22H,12-13H2,(H,29,30). The first-order valence-corrected chi connectivity index (χ1v) is 10.6. The van der Waals surface area contributed by atoms with Gasteiger partial charge in [-0.2, -0.15) is 5.26 Å². The van der Waals surface area contributed by atoms with Crippen molar-refractivity contribution in [1.82, 2.24) is 5.32 Å². The van der Waals surface area contributed by atoms with Gasteiger partial charge in [0.1, 0.15) is 5.41 Å². The zero-order valence-corrected chi connectivity index (χ0v) is 17.5. The van der Waals surface area contributed by atoms with E-state index in [1.165, 1.54) is 11.1 Å². The van der Waals surface area contributed by atoms with Gasteiger partial charge in [0, 0.05) is 18.4 Å². The number of rotatable bonds is 3. The Bertz CT molecular complexity index is 1170. The van der Waals surface area contributed by atoms with Crippen molar-refractivity contribution >= 4 is 29.1 Å². The molecule has 0 aromatic heterocycles. The molecule has 3 aliphatic carbocycles. The molecule has 5 heteroatoms. The average molecular weight is 433 g/mol. The second-order valence-electron chi connectivity index (χ2n) is 7.93. The molecule has 2 bridgehead atoms. The van der Waals surface area contributed by atoms with E-state index in [4.69, 9.17) is 23.2 Å². The van der Waals surface area contributed by atoms with Crippen molar-refractivity contribution in [3.05, 3.63) is 105 Å². The maximum atomic E-state index is 13.5. The van der Waals surface area contributed by atoms with Gasteiger partial charge in [-0.15, -0.1) is 0 Å². The van der Waals surface area contributed by atoms with Crippen molar-refractivity contribution < 1.29 is 4.79 Å². The Morgan fingerprint density at radius 1 is 0.967 bits per heavy atom. The Morgan fingerprint density at radius 3 is 2.17 bits per heavy atom. The van der Waals surface area contributed by atoms with Gasteiger partial charge < -0.3 is 5.32 Å². The highest BCUT2D eigenvalue weighted by Gasteiger charge is 2.57. The number of fused-ring (bicyclic) bond motifs is 1. The number of hydrogen-bond acceptors (Lipinski definition) is 2. The molecule has 1 unspecified atom stereocenters. The summed E-state index contributed by atoms with van der Waals surface area (Å²) in [6, 6.07) is 24.1. The summed E-state index contributed by atoms with van der Waals surface area (Å²) in [7, 11) is 0. The van der Waals surface area contributed by atoms with Crippen molar-refractivity contribution in [3.63, 3.8) is 0 Å². The SMILES string of the molecule is N#CC1(C(=O)NCc2cccc(Cl)c2Cl)CC2c3ccccc3C1c1ccccc12. The third-order valence-electron chi connectivity index (χ3n) is 6.46. The lowest BCUT2D eigenvalue weighted by Crippen LogP contribution is -2.50. The normalized spacial score (nSPS) is 23.2. The molecule has 0 saturated heterocycles. The lowest BCUT2D eigenvalue weighted by Gasteiger charge is -2.48. The van der Waals surface area contributed by atoms with Crippen molar-refractivity contribution in [2.75, 3.05) is 0 Å². The van der Waals surface area contributed by atoms with Crippen LogP contribution in [0.5, 0.6) is 0 Å². The average Bonchev–Trinajstić information content (AvgIpc) is 2.79. The number of nitrogens with one attached hydrogen (secondary N) is 1. The van der Waals surface area contributed by atoms with Crippen LogP contribution in [0.4, 0.5) is 0 Å². The molecule has 0 radical (unpaired) electrons. The predicted molar refractivity (Wildman–Crippen MR) is 118 cm³/mol. The van der Waals surface area contributed by atoms with E-state index in [1.54, 1.807) is 12.1 Å². The van der Waals surface area contributed by atoms with E-state index in [2.05, 4.69) is 35.7 Å². The molecule has 0 saturated carbocycles. The highest BCUT2D eigenvalue weighted by Crippen LogP contribution is 2.60. The lowest BCUT2D eigenvalue weighted by atomic mass is 9.52. The number of nitrogens with zero attached hydrogens (tertiary/aromatic N) is 1. The van der Waals surface area contributed by atoms with Gasteiger partial charge in [-0.1, -0.05) is 83.9 Å². The molecule has 1 atom stereocenters. The van der Waals surface area contributed by atoms with Crippen molar-refractivity contribution in [2.45, 2.75) is 24.8 Å². The van der Waals surface area contributed by atoms with Gasteiger partial charge in [0.15, 0.2) is 0 Å². The molecule has 3 aromatic carbocycles. The van der Waals surface area contributed by atoms with E-state index >= 15 is 0 Å². The van der Waals surface area contributed by atoms with E-state index in [9.17, 15) is 10.1 Å². The summed E-state index contributed by atoms with van der Waals surface area (Å²) in [5, 5.41) is 14.2. The molecule has 6 rings (SSSR count). The topological polar surface area (TPSA) is 52.9 Å². The summed E-state index contributed by atoms with van der Waals surface area (Å²) in [6.07, 6.45) is 0.470. The van der Waals surface area contributed by atoms with E-state index < -0.39 is 5.41 Å². The third kappa shape index (κ3) is 2.68. The predicted octanol–water partition coefficient (Wildman–Crippen LogP) is 5.80. The van der Waals surface area contributed by atoms with E-state index in [1.807, 2.05) is 30.3 Å². The number of halogens is 2. The Kier molecular flexibility index (Phi) is 4.58. The van der Waals surface area contributed by atoms with E-state index in [0.29, 0.717) is 16.5 Å².